The molecular formula is C58H112O6. The van der Waals surface area contributed by atoms with Crippen molar-refractivity contribution in [3.8, 4) is 0 Å². The molecule has 0 aromatic heterocycles. The number of hydrogen-bond acceptors (Lipinski definition) is 6. The topological polar surface area (TPSA) is 78.9 Å². The zero-order valence-electron chi connectivity index (χ0n) is 44.1. The molecule has 0 rings (SSSR count). The van der Waals surface area contributed by atoms with E-state index in [1.165, 1.54) is 199 Å². The first-order valence-electron chi connectivity index (χ1n) is 28.6. The summed E-state index contributed by atoms with van der Waals surface area (Å²) < 4.78 is 17.0. The van der Waals surface area contributed by atoms with Gasteiger partial charge in [-0.3, -0.25) is 14.4 Å². The van der Waals surface area contributed by atoms with Gasteiger partial charge in [0.2, 0.25) is 0 Å². The van der Waals surface area contributed by atoms with Gasteiger partial charge in [0, 0.05) is 25.7 Å². The monoisotopic (exact) mass is 905 g/mol. The average molecular weight is 906 g/mol. The van der Waals surface area contributed by atoms with Crippen LogP contribution in [0, 0.1) is 17.8 Å². The van der Waals surface area contributed by atoms with Crippen molar-refractivity contribution >= 4 is 17.9 Å². The Morgan fingerprint density at radius 1 is 0.281 bits per heavy atom. The second-order valence-corrected chi connectivity index (χ2v) is 21.3. The van der Waals surface area contributed by atoms with Gasteiger partial charge in [0.25, 0.3) is 0 Å². The molecule has 6 heteroatoms. The number of hydrogen-bond donors (Lipinski definition) is 0. The minimum Gasteiger partial charge on any atom is -0.466 e. The molecule has 0 saturated heterocycles. The zero-order valence-corrected chi connectivity index (χ0v) is 44.1. The van der Waals surface area contributed by atoms with E-state index in [1.807, 2.05) is 0 Å². The molecular weight excluding hydrogens is 793 g/mol. The number of unbranched alkanes of at least 4 members (excludes halogenated alkanes) is 33. The minimum atomic E-state index is -0.593. The van der Waals surface area contributed by atoms with Crippen molar-refractivity contribution in [2.75, 3.05) is 13.2 Å². The fourth-order valence-electron chi connectivity index (χ4n) is 8.82. The largest absolute Gasteiger partial charge is 0.466 e. The van der Waals surface area contributed by atoms with Crippen molar-refractivity contribution in [2.24, 2.45) is 17.8 Å². The van der Waals surface area contributed by atoms with E-state index in [4.69, 9.17) is 14.2 Å². The second kappa shape index (κ2) is 49.3. The molecule has 64 heavy (non-hydrogen) atoms. The van der Waals surface area contributed by atoms with Crippen LogP contribution in [-0.2, 0) is 28.6 Å². The van der Waals surface area contributed by atoms with Crippen molar-refractivity contribution in [3.05, 3.63) is 0 Å². The average Bonchev–Trinajstić information content (AvgIpc) is 3.25. The predicted molar refractivity (Wildman–Crippen MR) is 275 cm³/mol. The molecule has 0 aliphatic rings. The number of carbonyl (C=O) groups excluding carboxylic acids is 3. The maximum atomic E-state index is 12.9. The van der Waals surface area contributed by atoms with Gasteiger partial charge in [-0.2, -0.15) is 0 Å². The summed E-state index contributed by atoms with van der Waals surface area (Å²) in [5.41, 5.74) is 0. The molecule has 0 N–H and O–H groups in total. The zero-order chi connectivity index (χ0) is 47.0. The SMILES string of the molecule is CC(C)CCCCCCCCCCCCCCC(=O)OCCC(COC(=O)CCCCCCCCCCCCCCC(C)C)OC(=O)CCCCCCCCCCCCCCC(C)C. The summed E-state index contributed by atoms with van der Waals surface area (Å²) in [6.07, 6.45) is 50.4. The van der Waals surface area contributed by atoms with Crippen LogP contribution in [0.2, 0.25) is 0 Å². The van der Waals surface area contributed by atoms with E-state index in [0.29, 0.717) is 25.7 Å². The summed E-state index contributed by atoms with van der Waals surface area (Å²) in [6.45, 7) is 14.1. The van der Waals surface area contributed by atoms with Gasteiger partial charge in [-0.25, -0.2) is 0 Å². The van der Waals surface area contributed by atoms with Crippen LogP contribution >= 0.6 is 0 Å². The van der Waals surface area contributed by atoms with Gasteiger partial charge in [-0.15, -0.1) is 0 Å². The molecule has 6 nitrogen and oxygen atoms in total. The van der Waals surface area contributed by atoms with E-state index in [0.717, 1.165) is 69.1 Å². The summed E-state index contributed by atoms with van der Waals surface area (Å²) in [6, 6.07) is 0. The van der Waals surface area contributed by atoms with Crippen LogP contribution < -0.4 is 0 Å². The third kappa shape index (κ3) is 51.4. The maximum absolute atomic E-state index is 12.9. The molecule has 0 aromatic carbocycles. The third-order valence-electron chi connectivity index (χ3n) is 13.2. The van der Waals surface area contributed by atoms with Crippen molar-refractivity contribution in [2.45, 2.75) is 324 Å². The molecule has 0 spiro atoms. The maximum Gasteiger partial charge on any atom is 0.306 e. The summed E-state index contributed by atoms with van der Waals surface area (Å²) >= 11 is 0. The molecule has 0 heterocycles. The van der Waals surface area contributed by atoms with E-state index < -0.39 is 6.10 Å². The molecule has 0 aliphatic carbocycles. The van der Waals surface area contributed by atoms with Crippen molar-refractivity contribution in [1.29, 1.82) is 0 Å². The normalized spacial score (nSPS) is 12.1. The van der Waals surface area contributed by atoms with Gasteiger partial charge in [0.05, 0.1) is 6.61 Å². The smallest absolute Gasteiger partial charge is 0.306 e. The molecule has 0 fully saturated rings. The van der Waals surface area contributed by atoms with Crippen LogP contribution in [0.15, 0.2) is 0 Å². The van der Waals surface area contributed by atoms with Crippen LogP contribution in [0.1, 0.15) is 318 Å². The quantitative estimate of drug-likeness (QED) is 0.0344. The van der Waals surface area contributed by atoms with Crippen molar-refractivity contribution in [1.82, 2.24) is 0 Å². The Labute approximate surface area is 399 Å². The first kappa shape index (κ1) is 62.4. The number of carbonyl (C=O) groups is 3. The highest BCUT2D eigenvalue weighted by Gasteiger charge is 2.18. The highest BCUT2D eigenvalue weighted by molar-refractivity contribution is 5.70. The Bertz CT molecular complexity index is 991. The van der Waals surface area contributed by atoms with Gasteiger partial charge in [0.15, 0.2) is 0 Å². The van der Waals surface area contributed by atoms with Crippen molar-refractivity contribution < 1.29 is 28.6 Å². The highest BCUT2D eigenvalue weighted by atomic mass is 16.6. The first-order chi connectivity index (χ1) is 31.1. The van der Waals surface area contributed by atoms with E-state index in [9.17, 15) is 14.4 Å². The van der Waals surface area contributed by atoms with Crippen LogP contribution in [0.4, 0.5) is 0 Å². The van der Waals surface area contributed by atoms with E-state index >= 15 is 0 Å². The minimum absolute atomic E-state index is 0.0239. The van der Waals surface area contributed by atoms with E-state index in [-0.39, 0.29) is 31.1 Å². The Morgan fingerprint density at radius 3 is 0.797 bits per heavy atom. The van der Waals surface area contributed by atoms with Crippen LogP contribution in [0.5, 0.6) is 0 Å². The lowest BCUT2D eigenvalue weighted by molar-refractivity contribution is -0.161. The van der Waals surface area contributed by atoms with Gasteiger partial charge in [-0.05, 0) is 37.0 Å². The molecule has 0 bridgehead atoms. The summed E-state index contributed by atoms with van der Waals surface area (Å²) in [4.78, 5) is 38.0. The van der Waals surface area contributed by atoms with E-state index in [2.05, 4.69) is 41.5 Å². The Morgan fingerprint density at radius 2 is 0.516 bits per heavy atom. The second-order valence-electron chi connectivity index (χ2n) is 21.3. The predicted octanol–water partition coefficient (Wildman–Crippen LogP) is 18.7. The Kier molecular flexibility index (Phi) is 48.1. The third-order valence-corrected chi connectivity index (χ3v) is 13.2. The molecule has 1 unspecified atom stereocenters. The molecule has 1 atom stereocenters. The number of esters is 3. The fraction of sp³-hybridized carbons (Fsp3) is 0.948. The van der Waals surface area contributed by atoms with Gasteiger partial charge in [0.1, 0.15) is 12.7 Å². The van der Waals surface area contributed by atoms with Gasteiger partial charge >= 0.3 is 17.9 Å². The lowest BCUT2D eigenvalue weighted by atomic mass is 10.0. The fourth-order valence-corrected chi connectivity index (χ4v) is 8.82. The molecule has 0 aromatic rings. The summed E-state index contributed by atoms with van der Waals surface area (Å²) in [7, 11) is 0. The van der Waals surface area contributed by atoms with Crippen LogP contribution in [-0.4, -0.2) is 37.2 Å². The first-order valence-corrected chi connectivity index (χ1v) is 28.6. The number of rotatable bonds is 51. The van der Waals surface area contributed by atoms with E-state index in [1.54, 1.807) is 0 Å². The summed E-state index contributed by atoms with van der Waals surface area (Å²) in [5, 5.41) is 0. The lowest BCUT2D eigenvalue weighted by Crippen LogP contribution is -2.27. The Hall–Kier alpha value is -1.59. The van der Waals surface area contributed by atoms with Crippen LogP contribution in [0.25, 0.3) is 0 Å². The lowest BCUT2D eigenvalue weighted by Gasteiger charge is -2.18. The Balaban J connectivity index is 4.31. The standard InChI is InChI=1S/C58H112O6/c1-52(2)43-37-31-25-19-13-7-10-16-22-28-34-40-46-56(59)62-50-49-55(64-58(61)48-42-36-30-24-18-12-9-15-21-27-33-39-45-54(5)6)51-63-57(60)47-41-35-29-23-17-11-8-14-20-26-32-38-44-53(3)4/h52-55H,7-51H2,1-6H3. The van der Waals surface area contributed by atoms with Crippen molar-refractivity contribution in [3.63, 3.8) is 0 Å². The summed E-state index contributed by atoms with van der Waals surface area (Å²) in [5.74, 6) is 1.82. The molecule has 0 aliphatic heterocycles. The highest BCUT2D eigenvalue weighted by Crippen LogP contribution is 2.18. The molecule has 380 valence electrons. The van der Waals surface area contributed by atoms with Gasteiger partial charge in [-0.1, -0.05) is 273 Å². The van der Waals surface area contributed by atoms with Crippen LogP contribution in [0.3, 0.4) is 0 Å². The van der Waals surface area contributed by atoms with Gasteiger partial charge < -0.3 is 14.2 Å². The molecule has 0 saturated carbocycles. The number of ether oxygens (including phenoxy) is 3. The molecule has 0 radical (unpaired) electrons. The molecule has 0 amide bonds.